The van der Waals surface area contributed by atoms with Crippen molar-refractivity contribution in [3.8, 4) is 0 Å². The lowest BCUT2D eigenvalue weighted by atomic mass is 9.80. The topological polar surface area (TPSA) is 114 Å². The van der Waals surface area contributed by atoms with Gasteiger partial charge < -0.3 is 14.8 Å². The van der Waals surface area contributed by atoms with Gasteiger partial charge in [-0.05, 0) is 30.9 Å². The Hall–Kier alpha value is -4.80. The SMILES string of the molecule is C=C/C=C\C=C/C(C)C(c1ccccc1)N1CCN(CCOC(=O)C2=C(C)NC(C)=C(C(=O)OC)C2c2cccc([N+](=O)[O-])c2)CC1. The molecule has 0 radical (unpaired) electrons. The third kappa shape index (κ3) is 8.72. The van der Waals surface area contributed by atoms with Crippen molar-refractivity contribution in [1.82, 2.24) is 15.1 Å². The fourth-order valence-corrected chi connectivity index (χ4v) is 6.39. The third-order valence-corrected chi connectivity index (χ3v) is 8.65. The van der Waals surface area contributed by atoms with E-state index in [0.717, 1.165) is 26.2 Å². The lowest BCUT2D eigenvalue weighted by molar-refractivity contribution is -0.384. The fourth-order valence-electron chi connectivity index (χ4n) is 6.39. The monoisotopic (exact) mass is 640 g/mol. The summed E-state index contributed by atoms with van der Waals surface area (Å²) in [5.41, 5.74) is 3.01. The molecule has 248 valence electrons. The zero-order valence-electron chi connectivity index (χ0n) is 27.6. The number of hydrogen-bond donors (Lipinski definition) is 1. The summed E-state index contributed by atoms with van der Waals surface area (Å²) in [6, 6.07) is 16.7. The van der Waals surface area contributed by atoms with Crippen molar-refractivity contribution in [2.45, 2.75) is 32.7 Å². The maximum atomic E-state index is 13.6. The number of hydrogen-bond acceptors (Lipinski definition) is 9. The van der Waals surface area contributed by atoms with Crippen LogP contribution in [0.1, 0.15) is 43.9 Å². The molecule has 2 aliphatic rings. The number of piperazine rings is 1. The standard InChI is InChI=1S/C37H44N4O6/c1-6-7-8-10-14-26(2)35(29-15-11-9-12-16-29)40-21-19-39(20-22-40)23-24-47-37(43)33-28(4)38-27(3)32(36(42)46-5)34(33)30-17-13-18-31(25-30)41(44)45/h6-18,25-26,34-35,38H,1,19-24H2,2-5H3/b8-7-,14-10-. The molecule has 1 fully saturated rings. The summed E-state index contributed by atoms with van der Waals surface area (Å²) in [5.74, 6) is -1.83. The molecule has 1 N–H and O–H groups in total. The first-order chi connectivity index (χ1) is 22.7. The first-order valence-corrected chi connectivity index (χ1v) is 15.8. The molecular weight excluding hydrogens is 596 g/mol. The average Bonchev–Trinajstić information content (AvgIpc) is 3.07. The number of esters is 2. The van der Waals surface area contributed by atoms with E-state index < -0.39 is 22.8 Å². The van der Waals surface area contributed by atoms with Crippen LogP contribution in [-0.4, -0.2) is 73.1 Å². The number of nitrogens with zero attached hydrogens (tertiary/aromatic N) is 3. The number of rotatable bonds is 13. The highest BCUT2D eigenvalue weighted by atomic mass is 16.6. The highest BCUT2D eigenvalue weighted by molar-refractivity contribution is 5.99. The summed E-state index contributed by atoms with van der Waals surface area (Å²) in [6.07, 6.45) is 9.96. The van der Waals surface area contributed by atoms with E-state index in [2.05, 4.69) is 65.0 Å². The average molecular weight is 641 g/mol. The van der Waals surface area contributed by atoms with Gasteiger partial charge in [0.2, 0.25) is 0 Å². The maximum Gasteiger partial charge on any atom is 0.336 e. The summed E-state index contributed by atoms with van der Waals surface area (Å²) in [6.45, 7) is 13.5. The fraction of sp³-hybridized carbons (Fsp3) is 0.351. The molecule has 2 aliphatic heterocycles. The van der Waals surface area contributed by atoms with Crippen LogP contribution in [0.2, 0.25) is 0 Å². The van der Waals surface area contributed by atoms with Crippen LogP contribution in [-0.2, 0) is 19.1 Å². The van der Waals surface area contributed by atoms with Crippen molar-refractivity contribution < 1.29 is 24.0 Å². The lowest BCUT2D eigenvalue weighted by Crippen LogP contribution is -2.49. The minimum atomic E-state index is -0.891. The quantitative estimate of drug-likeness (QED) is 0.125. The van der Waals surface area contributed by atoms with Gasteiger partial charge in [0.25, 0.3) is 5.69 Å². The van der Waals surface area contributed by atoms with E-state index in [1.54, 1.807) is 26.0 Å². The molecule has 1 saturated heterocycles. The largest absolute Gasteiger partial charge is 0.466 e. The molecule has 0 bridgehead atoms. The van der Waals surface area contributed by atoms with E-state index in [9.17, 15) is 19.7 Å². The van der Waals surface area contributed by atoms with Crippen molar-refractivity contribution in [3.63, 3.8) is 0 Å². The number of carbonyl (C=O) groups excluding carboxylic acids is 2. The van der Waals surface area contributed by atoms with Crippen molar-refractivity contribution in [2.24, 2.45) is 5.92 Å². The first kappa shape index (κ1) is 35.1. The Bertz CT molecular complexity index is 1570. The molecule has 2 aromatic rings. The van der Waals surface area contributed by atoms with Gasteiger partial charge in [0, 0.05) is 62.3 Å². The van der Waals surface area contributed by atoms with Crippen LogP contribution >= 0.6 is 0 Å². The van der Waals surface area contributed by atoms with Crippen LogP contribution in [0, 0.1) is 16.0 Å². The van der Waals surface area contributed by atoms with E-state index in [-0.39, 0.29) is 35.4 Å². The van der Waals surface area contributed by atoms with Crippen molar-refractivity contribution >= 4 is 17.6 Å². The number of carbonyl (C=O) groups is 2. The van der Waals surface area contributed by atoms with Gasteiger partial charge in [0.1, 0.15) is 6.61 Å². The molecule has 0 aliphatic carbocycles. The second-order valence-corrected chi connectivity index (χ2v) is 11.7. The highest BCUT2D eigenvalue weighted by Crippen LogP contribution is 2.40. The third-order valence-electron chi connectivity index (χ3n) is 8.65. The Morgan fingerprint density at radius 1 is 1.00 bits per heavy atom. The van der Waals surface area contributed by atoms with E-state index >= 15 is 0 Å². The van der Waals surface area contributed by atoms with E-state index in [1.807, 2.05) is 18.2 Å². The van der Waals surface area contributed by atoms with Crippen LogP contribution in [0.5, 0.6) is 0 Å². The van der Waals surface area contributed by atoms with Crippen molar-refractivity contribution in [2.75, 3.05) is 46.4 Å². The second-order valence-electron chi connectivity index (χ2n) is 11.7. The molecule has 10 heteroatoms. The minimum absolute atomic E-state index is 0.142. The normalized spacial score (nSPS) is 19.0. The molecule has 3 unspecified atom stereocenters. The predicted molar refractivity (Wildman–Crippen MR) is 182 cm³/mol. The Morgan fingerprint density at radius 2 is 1.68 bits per heavy atom. The summed E-state index contributed by atoms with van der Waals surface area (Å²) >= 11 is 0. The van der Waals surface area contributed by atoms with Crippen LogP contribution in [0.4, 0.5) is 5.69 Å². The zero-order chi connectivity index (χ0) is 33.9. The number of ether oxygens (including phenoxy) is 2. The number of allylic oxidation sites excluding steroid dienone is 6. The Balaban J connectivity index is 1.43. The second kappa shape index (κ2) is 16.7. The van der Waals surface area contributed by atoms with Gasteiger partial charge in [-0.2, -0.15) is 0 Å². The molecule has 0 saturated carbocycles. The highest BCUT2D eigenvalue weighted by Gasteiger charge is 2.38. The van der Waals surface area contributed by atoms with Gasteiger partial charge in [-0.25, -0.2) is 9.59 Å². The molecule has 47 heavy (non-hydrogen) atoms. The Labute approximate surface area is 276 Å². The summed E-state index contributed by atoms with van der Waals surface area (Å²) in [7, 11) is 1.26. The molecule has 2 aromatic carbocycles. The molecule has 2 heterocycles. The predicted octanol–water partition coefficient (Wildman–Crippen LogP) is 5.84. The van der Waals surface area contributed by atoms with E-state index in [1.165, 1.54) is 30.9 Å². The number of dihydropyridines is 1. The number of benzene rings is 2. The van der Waals surface area contributed by atoms with Crippen LogP contribution in [0.15, 0.2) is 114 Å². The number of non-ortho nitro benzene ring substituents is 1. The zero-order valence-corrected chi connectivity index (χ0v) is 27.6. The van der Waals surface area contributed by atoms with Gasteiger partial charge in [0.05, 0.1) is 29.1 Å². The summed E-state index contributed by atoms with van der Waals surface area (Å²) in [4.78, 5) is 42.4. The number of methoxy groups -OCH3 is 1. The number of nitrogens with one attached hydrogen (secondary N) is 1. The summed E-state index contributed by atoms with van der Waals surface area (Å²) in [5, 5.41) is 14.6. The van der Waals surface area contributed by atoms with Crippen molar-refractivity contribution in [3.05, 3.63) is 135 Å². The van der Waals surface area contributed by atoms with Gasteiger partial charge in [-0.15, -0.1) is 0 Å². The van der Waals surface area contributed by atoms with Crippen LogP contribution in [0.3, 0.4) is 0 Å². The molecule has 0 aromatic heterocycles. The molecule has 4 rings (SSSR count). The minimum Gasteiger partial charge on any atom is -0.466 e. The van der Waals surface area contributed by atoms with Gasteiger partial charge in [-0.3, -0.25) is 19.9 Å². The maximum absolute atomic E-state index is 13.6. The van der Waals surface area contributed by atoms with Crippen LogP contribution < -0.4 is 5.32 Å². The van der Waals surface area contributed by atoms with E-state index in [4.69, 9.17) is 9.47 Å². The smallest absolute Gasteiger partial charge is 0.336 e. The Kier molecular flexibility index (Phi) is 12.4. The number of nitro groups is 1. The molecule has 3 atom stereocenters. The van der Waals surface area contributed by atoms with Crippen LogP contribution in [0.25, 0.3) is 0 Å². The Morgan fingerprint density at radius 3 is 2.32 bits per heavy atom. The van der Waals surface area contributed by atoms with E-state index in [0.29, 0.717) is 23.5 Å². The molecule has 10 nitrogen and oxygen atoms in total. The summed E-state index contributed by atoms with van der Waals surface area (Å²) < 4.78 is 10.8. The number of nitro benzene ring substituents is 1. The first-order valence-electron chi connectivity index (χ1n) is 15.8. The molecule has 0 amide bonds. The van der Waals surface area contributed by atoms with Gasteiger partial charge >= 0.3 is 11.9 Å². The van der Waals surface area contributed by atoms with Gasteiger partial charge in [-0.1, -0.05) is 86.3 Å². The molecular formula is C37H44N4O6. The molecule has 0 spiro atoms. The van der Waals surface area contributed by atoms with Gasteiger partial charge in [0.15, 0.2) is 0 Å². The van der Waals surface area contributed by atoms with Crippen molar-refractivity contribution in [1.29, 1.82) is 0 Å². The lowest BCUT2D eigenvalue weighted by Gasteiger charge is -2.41.